The van der Waals surface area contributed by atoms with E-state index in [0.717, 1.165) is 11.3 Å². The highest BCUT2D eigenvalue weighted by Gasteiger charge is 2.27. The largest absolute Gasteiger partial charge is 0.462 e. The smallest absolute Gasteiger partial charge is 0.341 e. The van der Waals surface area contributed by atoms with Gasteiger partial charge in [-0.3, -0.25) is 19.2 Å². The van der Waals surface area contributed by atoms with Crippen LogP contribution in [-0.2, 0) is 14.3 Å². The van der Waals surface area contributed by atoms with Crippen LogP contribution in [0.25, 0.3) is 6.08 Å². The van der Waals surface area contributed by atoms with E-state index in [2.05, 4.69) is 21.3 Å². The number of esters is 1. The summed E-state index contributed by atoms with van der Waals surface area (Å²) in [6.07, 6.45) is 1.45. The molecule has 1 aromatic heterocycles. The van der Waals surface area contributed by atoms with Gasteiger partial charge in [0.1, 0.15) is 10.7 Å². The summed E-state index contributed by atoms with van der Waals surface area (Å²) in [4.78, 5) is 66.7. The zero-order valence-corrected chi connectivity index (χ0v) is 31.5. The van der Waals surface area contributed by atoms with Gasteiger partial charge >= 0.3 is 5.97 Å². The molecule has 270 valence electrons. The van der Waals surface area contributed by atoms with Crippen LogP contribution in [0.2, 0.25) is 10.0 Å². The lowest BCUT2D eigenvalue weighted by Crippen LogP contribution is -2.30. The Morgan fingerprint density at radius 1 is 0.792 bits per heavy atom. The average molecular weight is 788 g/mol. The summed E-state index contributed by atoms with van der Waals surface area (Å²) in [6, 6.07) is 28.9. The Balaban J connectivity index is 1.29. The summed E-state index contributed by atoms with van der Waals surface area (Å²) in [5.41, 5.74) is 2.22. The van der Waals surface area contributed by atoms with Gasteiger partial charge in [-0.05, 0) is 85.6 Å². The molecule has 0 fully saturated rings. The van der Waals surface area contributed by atoms with Gasteiger partial charge in [0, 0.05) is 31.9 Å². The molecule has 5 aromatic rings. The molecule has 0 unspecified atom stereocenters. The van der Waals surface area contributed by atoms with Crippen LogP contribution >= 0.6 is 46.3 Å². The van der Waals surface area contributed by atoms with E-state index < -0.39 is 29.6 Å². The Hall–Kier alpha value is -5.40. The van der Waals surface area contributed by atoms with E-state index in [9.17, 15) is 24.0 Å². The van der Waals surface area contributed by atoms with Crippen LogP contribution in [0.15, 0.2) is 114 Å². The second-order valence-electron chi connectivity index (χ2n) is 11.2. The van der Waals surface area contributed by atoms with Crippen molar-refractivity contribution in [2.24, 2.45) is 0 Å². The van der Waals surface area contributed by atoms with Crippen LogP contribution in [0.3, 0.4) is 0 Å². The minimum absolute atomic E-state index is 0.0600. The Morgan fingerprint density at radius 2 is 1.49 bits per heavy atom. The fourth-order valence-electron chi connectivity index (χ4n) is 4.87. The van der Waals surface area contributed by atoms with Gasteiger partial charge in [-0.1, -0.05) is 71.7 Å². The number of hydrogen-bond donors (Lipinski definition) is 4. The Labute approximate surface area is 323 Å². The SMILES string of the molecule is CCOC(=O)c1c(NC(=O)CSc2cccc(NC(=O)/C(=C\c3ccc(Cl)cc3Cl)NC(=O)c3ccccc3)c2)sc(C(=O)Nc2ccccc2)c1C. The number of rotatable bonds is 13. The van der Waals surface area contributed by atoms with Gasteiger partial charge in [0.15, 0.2) is 0 Å². The number of carbonyl (C=O) groups excluding carboxylic acids is 5. The Kier molecular flexibility index (Phi) is 13.5. The van der Waals surface area contributed by atoms with E-state index in [-0.39, 0.29) is 38.5 Å². The second kappa shape index (κ2) is 18.4. The van der Waals surface area contributed by atoms with Crippen LogP contribution in [0.1, 0.15) is 48.4 Å². The number of nitrogens with one attached hydrogen (secondary N) is 4. The van der Waals surface area contributed by atoms with Crippen molar-refractivity contribution in [3.8, 4) is 0 Å². The van der Waals surface area contributed by atoms with Crippen molar-refractivity contribution in [1.29, 1.82) is 0 Å². The van der Waals surface area contributed by atoms with Gasteiger partial charge < -0.3 is 26.0 Å². The van der Waals surface area contributed by atoms with Gasteiger partial charge in [-0.2, -0.15) is 0 Å². The van der Waals surface area contributed by atoms with E-state index in [1.54, 1.807) is 105 Å². The molecule has 0 bridgehead atoms. The molecule has 4 amide bonds. The van der Waals surface area contributed by atoms with Crippen molar-refractivity contribution in [3.05, 3.63) is 146 Å². The van der Waals surface area contributed by atoms with Crippen molar-refractivity contribution < 1.29 is 28.7 Å². The van der Waals surface area contributed by atoms with E-state index >= 15 is 0 Å². The fraction of sp³-hybridized carbons (Fsp3) is 0.103. The summed E-state index contributed by atoms with van der Waals surface area (Å²) in [7, 11) is 0. The number of benzene rings is 4. The van der Waals surface area contributed by atoms with Crippen LogP contribution in [-0.4, -0.2) is 42.0 Å². The first-order chi connectivity index (χ1) is 25.5. The molecule has 1 heterocycles. The second-order valence-corrected chi connectivity index (χ2v) is 14.1. The highest BCUT2D eigenvalue weighted by Crippen LogP contribution is 2.35. The predicted molar refractivity (Wildman–Crippen MR) is 212 cm³/mol. The van der Waals surface area contributed by atoms with Crippen molar-refractivity contribution >= 4 is 98.4 Å². The summed E-state index contributed by atoms with van der Waals surface area (Å²) < 4.78 is 5.23. The lowest BCUT2D eigenvalue weighted by atomic mass is 10.1. The molecule has 53 heavy (non-hydrogen) atoms. The van der Waals surface area contributed by atoms with Crippen molar-refractivity contribution in [2.45, 2.75) is 18.7 Å². The molecule has 4 aromatic carbocycles. The highest BCUT2D eigenvalue weighted by molar-refractivity contribution is 8.00. The van der Waals surface area contributed by atoms with Crippen molar-refractivity contribution in [1.82, 2.24) is 5.32 Å². The van der Waals surface area contributed by atoms with E-state index in [1.807, 2.05) is 6.07 Å². The Morgan fingerprint density at radius 3 is 2.19 bits per heavy atom. The van der Waals surface area contributed by atoms with Crippen molar-refractivity contribution in [2.75, 3.05) is 28.3 Å². The standard InChI is InChI=1S/C39H32Cl2N4O6S2/c1-3-51-39(50)33-23(2)34(37(49)42-27-13-8-5-9-14-27)53-38(33)45-32(46)22-52-29-16-10-15-28(21-29)43-36(48)31(19-25-17-18-26(40)20-30(25)41)44-35(47)24-11-6-4-7-12-24/h4-21H,3,22H2,1-2H3,(H,42,49)(H,43,48)(H,44,47)(H,45,46)/b31-19+. The number of para-hydroxylation sites is 1. The monoisotopic (exact) mass is 786 g/mol. The van der Waals surface area contributed by atoms with E-state index in [0.29, 0.717) is 38.0 Å². The normalized spacial score (nSPS) is 11.0. The maximum Gasteiger partial charge on any atom is 0.341 e. The first-order valence-corrected chi connectivity index (χ1v) is 18.6. The summed E-state index contributed by atoms with van der Waals surface area (Å²) in [6.45, 7) is 3.41. The van der Waals surface area contributed by atoms with Crippen LogP contribution in [0.4, 0.5) is 16.4 Å². The third-order valence-electron chi connectivity index (χ3n) is 7.37. The zero-order chi connectivity index (χ0) is 37.9. The predicted octanol–water partition coefficient (Wildman–Crippen LogP) is 8.93. The molecule has 0 aliphatic rings. The number of halogens is 2. The third-order valence-corrected chi connectivity index (χ3v) is 10.1. The van der Waals surface area contributed by atoms with Gasteiger partial charge in [0.05, 0.1) is 22.8 Å². The quantitative estimate of drug-likeness (QED) is 0.0530. The summed E-state index contributed by atoms with van der Waals surface area (Å²) in [5.74, 6) is -2.68. The number of thiophene rings is 1. The minimum atomic E-state index is -0.655. The molecule has 0 aliphatic heterocycles. The van der Waals surface area contributed by atoms with Crippen molar-refractivity contribution in [3.63, 3.8) is 0 Å². The van der Waals surface area contributed by atoms with Gasteiger partial charge in [0.25, 0.3) is 17.7 Å². The number of thioether (sulfide) groups is 1. The molecule has 0 aliphatic carbocycles. The van der Waals surface area contributed by atoms with Gasteiger partial charge in [-0.25, -0.2) is 4.79 Å². The summed E-state index contributed by atoms with van der Waals surface area (Å²) in [5, 5.41) is 11.9. The van der Waals surface area contributed by atoms with Crippen LogP contribution < -0.4 is 21.3 Å². The first kappa shape index (κ1) is 38.8. The maximum absolute atomic E-state index is 13.6. The number of anilines is 3. The fourth-order valence-corrected chi connectivity index (χ4v) is 7.19. The van der Waals surface area contributed by atoms with Gasteiger partial charge in [0.2, 0.25) is 5.91 Å². The third kappa shape index (κ3) is 10.6. The molecule has 10 nitrogen and oxygen atoms in total. The molecular formula is C39H32Cl2N4O6S2. The molecule has 0 atom stereocenters. The molecule has 0 saturated carbocycles. The summed E-state index contributed by atoms with van der Waals surface area (Å²) >= 11 is 14.6. The topological polar surface area (TPSA) is 143 Å². The molecule has 0 saturated heterocycles. The molecule has 0 spiro atoms. The molecule has 14 heteroatoms. The number of hydrogen-bond acceptors (Lipinski definition) is 8. The lowest BCUT2D eigenvalue weighted by Gasteiger charge is -2.13. The lowest BCUT2D eigenvalue weighted by molar-refractivity contribution is -0.114. The molecule has 0 radical (unpaired) electrons. The maximum atomic E-state index is 13.6. The van der Waals surface area contributed by atoms with E-state index in [1.165, 1.54) is 23.9 Å². The minimum Gasteiger partial charge on any atom is -0.462 e. The van der Waals surface area contributed by atoms with Crippen LogP contribution in [0, 0.1) is 6.92 Å². The highest BCUT2D eigenvalue weighted by atomic mass is 35.5. The molecule has 4 N–H and O–H groups in total. The number of ether oxygens (including phenoxy) is 1. The van der Waals surface area contributed by atoms with Gasteiger partial charge in [-0.15, -0.1) is 23.1 Å². The average Bonchev–Trinajstić information content (AvgIpc) is 3.47. The van der Waals surface area contributed by atoms with E-state index in [4.69, 9.17) is 27.9 Å². The number of amides is 4. The number of carbonyl (C=O) groups is 5. The first-order valence-electron chi connectivity index (χ1n) is 16.1. The Bertz CT molecular complexity index is 2190. The van der Waals surface area contributed by atoms with Crippen LogP contribution in [0.5, 0.6) is 0 Å². The molecular weight excluding hydrogens is 755 g/mol. The zero-order valence-electron chi connectivity index (χ0n) is 28.3. The molecule has 5 rings (SSSR count).